The summed E-state index contributed by atoms with van der Waals surface area (Å²) in [6, 6.07) is 14.2. The molecule has 3 aromatic carbocycles. The minimum atomic E-state index is -4.50. The lowest BCUT2D eigenvalue weighted by Crippen LogP contribution is -2.54. The molecule has 0 saturated heterocycles. The van der Waals surface area contributed by atoms with E-state index < -0.39 is 70.5 Å². The molecule has 0 fully saturated rings. The van der Waals surface area contributed by atoms with Crippen LogP contribution in [-0.4, -0.2) is 107 Å². The Labute approximate surface area is 359 Å². The third kappa shape index (κ3) is 10.6. The lowest BCUT2D eigenvalue weighted by molar-refractivity contribution is -0.121. The van der Waals surface area contributed by atoms with Crippen LogP contribution < -0.4 is 30.2 Å². The fraction of sp³-hybridized carbons (Fsp3) is 0.475. The highest BCUT2D eigenvalue weighted by atomic mass is 32.2. The van der Waals surface area contributed by atoms with Crippen molar-refractivity contribution in [2.75, 3.05) is 35.2 Å². The van der Waals surface area contributed by atoms with Crippen LogP contribution in [0.15, 0.2) is 59.9 Å². The first-order valence-corrected chi connectivity index (χ1v) is 24.8. The first-order valence-electron chi connectivity index (χ1n) is 20.0. The number of carbonyl (C=O) groups is 1. The summed E-state index contributed by atoms with van der Waals surface area (Å²) in [7, 11) is -13.3. The minimum Gasteiger partial charge on any atom is -0.748 e. The van der Waals surface area contributed by atoms with Gasteiger partial charge in [0.15, 0.2) is 23.4 Å². The van der Waals surface area contributed by atoms with E-state index in [-0.39, 0.29) is 31.7 Å². The Balaban J connectivity index is 1.19. The molecule has 62 heavy (non-hydrogen) atoms. The third-order valence-electron chi connectivity index (χ3n) is 11.6. The molecule has 2 unspecified atom stereocenters. The monoisotopic (exact) mass is 912 g/mol. The van der Waals surface area contributed by atoms with Crippen LogP contribution in [0.3, 0.4) is 0 Å². The van der Waals surface area contributed by atoms with Crippen molar-refractivity contribution in [3.8, 4) is 22.9 Å². The highest BCUT2D eigenvalue weighted by Crippen LogP contribution is 2.49. The molecule has 2 atom stereocenters. The highest BCUT2D eigenvalue weighted by Gasteiger charge is 2.43. The number of benzene rings is 3. The summed E-state index contributed by atoms with van der Waals surface area (Å²) < 4.78 is 112. The van der Waals surface area contributed by atoms with Gasteiger partial charge in [0.2, 0.25) is 17.1 Å². The maximum absolute atomic E-state index is 13.0. The van der Waals surface area contributed by atoms with E-state index in [0.29, 0.717) is 76.5 Å². The quantitative estimate of drug-likeness (QED) is 0.101. The number of amides is 1. The van der Waals surface area contributed by atoms with Crippen LogP contribution >= 0.6 is 0 Å². The van der Waals surface area contributed by atoms with Gasteiger partial charge < -0.3 is 19.5 Å². The number of nitrogens with zero attached hydrogens (tertiary/aromatic N) is 7. The Morgan fingerprint density at radius 1 is 0.887 bits per heavy atom. The number of carbonyl (C=O) groups excluding carboxylic acids is 1. The molecule has 7 rings (SSSR count). The van der Waals surface area contributed by atoms with Crippen molar-refractivity contribution in [1.82, 2.24) is 30.3 Å². The van der Waals surface area contributed by atoms with Crippen molar-refractivity contribution in [3.63, 3.8) is 0 Å². The van der Waals surface area contributed by atoms with Crippen LogP contribution in [0.4, 0.5) is 11.4 Å². The van der Waals surface area contributed by atoms with E-state index in [4.69, 9.17) is 9.73 Å². The van der Waals surface area contributed by atoms with Gasteiger partial charge in [0.25, 0.3) is 20.2 Å². The summed E-state index contributed by atoms with van der Waals surface area (Å²) in [5.74, 6) is -2.12. The van der Waals surface area contributed by atoms with Gasteiger partial charge in [-0.05, 0) is 63.8 Å². The largest absolute Gasteiger partial charge is 0.748 e. The van der Waals surface area contributed by atoms with Gasteiger partial charge in [-0.15, -0.1) is 20.4 Å². The van der Waals surface area contributed by atoms with Crippen molar-refractivity contribution < 1.29 is 48.4 Å². The molecule has 3 aliphatic heterocycles. The molecule has 3 N–H and O–H groups in total. The molecular formula is C40H48N8O11S3. The Morgan fingerprint density at radius 3 is 2.19 bits per heavy atom. The predicted molar refractivity (Wildman–Crippen MR) is 226 cm³/mol. The van der Waals surface area contributed by atoms with E-state index >= 15 is 0 Å². The molecular weight excluding hydrogens is 865 g/mol. The van der Waals surface area contributed by atoms with Crippen LogP contribution in [0.1, 0.15) is 88.3 Å². The second-order valence-corrected chi connectivity index (χ2v) is 21.8. The van der Waals surface area contributed by atoms with Gasteiger partial charge in [-0.1, -0.05) is 24.3 Å². The molecule has 19 nitrogen and oxygen atoms in total. The van der Waals surface area contributed by atoms with Crippen LogP contribution in [0, 0.1) is 0 Å². The average molecular weight is 913 g/mol. The van der Waals surface area contributed by atoms with Gasteiger partial charge in [0, 0.05) is 78.4 Å². The predicted octanol–water partition coefficient (Wildman–Crippen LogP) is 2.63. The van der Waals surface area contributed by atoms with E-state index in [1.54, 1.807) is 24.3 Å². The van der Waals surface area contributed by atoms with E-state index in [0.717, 1.165) is 11.1 Å². The van der Waals surface area contributed by atoms with Crippen molar-refractivity contribution in [2.24, 2.45) is 4.99 Å². The SMILES string of the molecule is CC1(C)CC(CS(=O)(=O)O)c2cc3c(cc2N1CCCS(=O)(=O)[O-])Oc1cc2c(cc1=N3)C(CS(=O)(=O)O)CC(C)(C)[N+]=2CCCC(=O)NCc1ccc(-c2nncnn2)cc1. The molecule has 4 heterocycles. The molecule has 22 heteroatoms. The van der Waals surface area contributed by atoms with Crippen LogP contribution in [0.25, 0.3) is 11.4 Å². The van der Waals surface area contributed by atoms with Crippen LogP contribution in [0.2, 0.25) is 0 Å². The zero-order chi connectivity index (χ0) is 44.8. The highest BCUT2D eigenvalue weighted by molar-refractivity contribution is 7.86. The number of anilines is 1. The molecule has 332 valence electrons. The fourth-order valence-electron chi connectivity index (χ4n) is 8.98. The van der Waals surface area contributed by atoms with Gasteiger partial charge in [-0.2, -0.15) is 16.8 Å². The Kier molecular flexibility index (Phi) is 12.3. The molecule has 0 radical (unpaired) electrons. The summed E-state index contributed by atoms with van der Waals surface area (Å²) in [4.78, 5) is 19.8. The standard InChI is InChI=1S/C40H48N8O11S3/c1-39(2)19-27(22-61(53,54)55)29-15-31-35(17-33(29)47(39)12-5-7-37(49)41-21-25-8-10-26(11-9-25)38-45-42-24-43-46-38)59-36-18-34-30(16-32(36)44-31)28(23-62(56,57)58)20-40(3,4)48(34)13-6-14-60(50,51)52/h8-11,15-18,24,27-28H,5-7,12-14,19-23H2,1-4H3,(H3-,41,49,50,51,52,53,54,55,56,57,58). The van der Waals surface area contributed by atoms with Crippen LogP contribution in [-0.2, 0) is 41.7 Å². The van der Waals surface area contributed by atoms with E-state index in [9.17, 15) is 43.7 Å². The Hall–Kier alpha value is -5.00. The molecule has 0 saturated carbocycles. The molecule has 0 spiro atoms. The van der Waals surface area contributed by atoms with Crippen LogP contribution in [0.5, 0.6) is 11.5 Å². The fourth-order valence-corrected chi connectivity index (χ4v) is 11.1. The summed E-state index contributed by atoms with van der Waals surface area (Å²) in [6.45, 7) is 8.54. The lowest BCUT2D eigenvalue weighted by atomic mass is 9.79. The summed E-state index contributed by atoms with van der Waals surface area (Å²) in [5.41, 5.74) is 2.29. The number of ether oxygens (including phenoxy) is 1. The topological polar surface area (TPSA) is 274 Å². The maximum Gasteiger partial charge on any atom is 0.265 e. The molecule has 0 bridgehead atoms. The third-order valence-corrected chi connectivity index (χ3v) is 14.0. The molecule has 0 aliphatic carbocycles. The van der Waals surface area contributed by atoms with Gasteiger partial charge in [0.05, 0.1) is 27.7 Å². The Morgan fingerprint density at radius 2 is 1.55 bits per heavy atom. The number of hydrogen-bond donors (Lipinski definition) is 3. The minimum absolute atomic E-state index is 0.0165. The van der Waals surface area contributed by atoms with Gasteiger partial charge in [-0.25, -0.2) is 18.0 Å². The number of fused-ring (bicyclic) bond motifs is 4. The van der Waals surface area contributed by atoms with E-state index in [1.165, 1.54) is 6.33 Å². The van der Waals surface area contributed by atoms with E-state index in [2.05, 4.69) is 30.3 Å². The zero-order valence-corrected chi connectivity index (χ0v) is 37.0. The summed E-state index contributed by atoms with van der Waals surface area (Å²) in [6.07, 6.45) is 2.53. The molecule has 1 amide bonds. The van der Waals surface area contributed by atoms with Crippen molar-refractivity contribution in [1.29, 1.82) is 0 Å². The zero-order valence-electron chi connectivity index (χ0n) is 34.6. The summed E-state index contributed by atoms with van der Waals surface area (Å²) >= 11 is 0. The van der Waals surface area contributed by atoms with Crippen molar-refractivity contribution in [3.05, 3.63) is 82.3 Å². The number of hydrogen-bond acceptors (Lipinski definition) is 15. The number of aromatic nitrogens is 4. The lowest BCUT2D eigenvalue weighted by Gasteiger charge is -2.48. The smallest absolute Gasteiger partial charge is 0.265 e. The first kappa shape index (κ1) is 45.0. The molecule has 3 aliphatic rings. The van der Waals surface area contributed by atoms with Crippen molar-refractivity contribution >= 4 is 47.6 Å². The number of rotatable bonds is 15. The second kappa shape index (κ2) is 16.9. The van der Waals surface area contributed by atoms with E-state index in [1.807, 2.05) is 56.9 Å². The first-order chi connectivity index (χ1) is 28.9. The van der Waals surface area contributed by atoms with Gasteiger partial charge >= 0.3 is 0 Å². The second-order valence-electron chi connectivity index (χ2n) is 17.3. The normalized spacial score (nSPS) is 19.0. The molecule has 4 aromatic rings. The Bertz CT molecular complexity index is 2860. The average Bonchev–Trinajstić information content (AvgIpc) is 3.16. The molecule has 1 aromatic heterocycles. The van der Waals surface area contributed by atoms with Gasteiger partial charge in [-0.3, -0.25) is 13.9 Å². The van der Waals surface area contributed by atoms with Gasteiger partial charge in [0.1, 0.15) is 17.6 Å². The van der Waals surface area contributed by atoms with Crippen molar-refractivity contribution in [2.45, 2.75) is 89.3 Å². The number of nitrogens with one attached hydrogen (secondary N) is 1. The maximum atomic E-state index is 13.0. The summed E-state index contributed by atoms with van der Waals surface area (Å²) in [5, 5.41) is 19.4.